The van der Waals surface area contributed by atoms with E-state index in [2.05, 4.69) is 5.10 Å². The van der Waals surface area contributed by atoms with Crippen LogP contribution in [0.15, 0.2) is 70.4 Å². The summed E-state index contributed by atoms with van der Waals surface area (Å²) in [6.45, 7) is 1.42. The largest absolute Gasteiger partial charge is 0.467 e. The number of aryl methyl sites for hydroxylation is 1. The van der Waals surface area contributed by atoms with Crippen molar-refractivity contribution in [3.63, 3.8) is 0 Å². The number of furan rings is 1. The molecule has 2 aliphatic rings. The normalized spacial score (nSPS) is 17.2. The lowest BCUT2D eigenvalue weighted by Gasteiger charge is -2.22. The van der Waals surface area contributed by atoms with E-state index in [1.54, 1.807) is 12.1 Å². The minimum Gasteiger partial charge on any atom is -0.467 e. The second-order valence-corrected chi connectivity index (χ2v) is 8.07. The molecule has 0 radical (unpaired) electrons. The maximum absolute atomic E-state index is 13.3. The van der Waals surface area contributed by atoms with Crippen LogP contribution >= 0.6 is 0 Å². The van der Waals surface area contributed by atoms with Crippen LogP contribution in [0, 0.1) is 17.0 Å². The lowest BCUT2D eigenvalue weighted by molar-refractivity contribution is -0.384. The quantitative estimate of drug-likeness (QED) is 0.327. The fraction of sp³-hybridized carbons (Fsp3) is 0.167. The molecule has 0 aliphatic carbocycles. The number of nitro groups is 1. The average molecular weight is 458 g/mol. The number of non-ortho nitro benzene ring substituents is 1. The summed E-state index contributed by atoms with van der Waals surface area (Å²) in [6, 6.07) is 14.1. The smallest absolute Gasteiger partial charge is 0.270 e. The molecule has 2 aliphatic heterocycles. The zero-order valence-corrected chi connectivity index (χ0v) is 18.0. The van der Waals surface area contributed by atoms with Gasteiger partial charge in [0.15, 0.2) is 0 Å². The van der Waals surface area contributed by atoms with Gasteiger partial charge in [-0.05, 0) is 30.7 Å². The Morgan fingerprint density at radius 1 is 1.12 bits per heavy atom. The number of nitro benzene ring substituents is 1. The van der Waals surface area contributed by atoms with Crippen molar-refractivity contribution in [3.8, 4) is 0 Å². The van der Waals surface area contributed by atoms with E-state index in [0.717, 1.165) is 28.2 Å². The van der Waals surface area contributed by atoms with E-state index >= 15 is 0 Å². The van der Waals surface area contributed by atoms with Crippen LogP contribution in [0.4, 0.5) is 5.69 Å². The summed E-state index contributed by atoms with van der Waals surface area (Å²) in [5.74, 6) is -1.49. The molecule has 170 valence electrons. The van der Waals surface area contributed by atoms with E-state index in [1.165, 1.54) is 17.3 Å². The van der Waals surface area contributed by atoms with E-state index in [9.17, 15) is 24.5 Å². The molecule has 10 heteroatoms. The van der Waals surface area contributed by atoms with Gasteiger partial charge in [0.05, 0.1) is 28.0 Å². The summed E-state index contributed by atoms with van der Waals surface area (Å²) in [5, 5.41) is 16.8. The van der Waals surface area contributed by atoms with Gasteiger partial charge in [0, 0.05) is 18.6 Å². The van der Waals surface area contributed by atoms with Crippen LogP contribution in [0.3, 0.4) is 0 Å². The molecule has 0 saturated carbocycles. The maximum atomic E-state index is 13.3. The number of carbonyl (C=O) groups excluding carboxylic acids is 3. The molecule has 3 heterocycles. The first-order valence-corrected chi connectivity index (χ1v) is 10.5. The molecule has 1 aromatic heterocycles. The highest BCUT2D eigenvalue weighted by Gasteiger charge is 2.41. The van der Waals surface area contributed by atoms with Crippen LogP contribution in [-0.2, 0) is 4.79 Å². The molecule has 3 aromatic rings. The molecule has 10 nitrogen and oxygen atoms in total. The zero-order valence-electron chi connectivity index (χ0n) is 18.0. The van der Waals surface area contributed by atoms with Crippen LogP contribution in [0.5, 0.6) is 0 Å². The second-order valence-electron chi connectivity index (χ2n) is 8.07. The van der Waals surface area contributed by atoms with Gasteiger partial charge < -0.3 is 4.42 Å². The summed E-state index contributed by atoms with van der Waals surface area (Å²) in [7, 11) is 0. The van der Waals surface area contributed by atoms with Crippen LogP contribution < -0.4 is 0 Å². The van der Waals surface area contributed by atoms with Gasteiger partial charge in [-0.2, -0.15) is 5.10 Å². The molecule has 0 saturated heterocycles. The highest BCUT2D eigenvalue weighted by Crippen LogP contribution is 2.34. The van der Waals surface area contributed by atoms with E-state index in [-0.39, 0.29) is 16.8 Å². The molecule has 34 heavy (non-hydrogen) atoms. The van der Waals surface area contributed by atoms with Gasteiger partial charge in [0.1, 0.15) is 18.3 Å². The van der Waals surface area contributed by atoms with Crippen molar-refractivity contribution in [1.29, 1.82) is 0 Å². The number of fused-ring (bicyclic) bond motifs is 1. The lowest BCUT2D eigenvalue weighted by atomic mass is 10.0. The Bertz CT molecular complexity index is 1360. The molecule has 1 unspecified atom stereocenters. The predicted molar refractivity (Wildman–Crippen MR) is 119 cm³/mol. The van der Waals surface area contributed by atoms with Gasteiger partial charge in [0.25, 0.3) is 23.4 Å². The molecule has 0 spiro atoms. The summed E-state index contributed by atoms with van der Waals surface area (Å²) < 4.78 is 5.52. The minimum absolute atomic E-state index is 0.0243. The molecule has 0 fully saturated rings. The summed E-state index contributed by atoms with van der Waals surface area (Å²) in [6.07, 6.45) is 1.90. The first-order valence-electron chi connectivity index (χ1n) is 10.5. The molecular formula is C24H18N4O6. The topological polar surface area (TPSA) is 126 Å². The van der Waals surface area contributed by atoms with Crippen LogP contribution in [0.25, 0.3) is 0 Å². The van der Waals surface area contributed by atoms with Gasteiger partial charge in [-0.15, -0.1) is 0 Å². The maximum Gasteiger partial charge on any atom is 0.270 e. The molecule has 1 atom stereocenters. The Kier molecular flexibility index (Phi) is 5.05. The van der Waals surface area contributed by atoms with Crippen molar-refractivity contribution in [2.75, 3.05) is 6.54 Å². The van der Waals surface area contributed by atoms with Crippen molar-refractivity contribution in [2.45, 2.75) is 19.4 Å². The third kappa shape index (κ3) is 3.54. The summed E-state index contributed by atoms with van der Waals surface area (Å²) >= 11 is 0. The molecule has 5 rings (SSSR count). The van der Waals surface area contributed by atoms with E-state index in [0.29, 0.717) is 17.9 Å². The summed E-state index contributed by atoms with van der Waals surface area (Å²) in [4.78, 5) is 50.1. The number of rotatable bonds is 5. The molecule has 0 N–H and O–H groups in total. The van der Waals surface area contributed by atoms with Gasteiger partial charge in [-0.3, -0.25) is 29.4 Å². The Morgan fingerprint density at radius 2 is 1.85 bits per heavy atom. The first kappa shape index (κ1) is 21.3. The number of imide groups is 1. The highest BCUT2D eigenvalue weighted by atomic mass is 16.6. The average Bonchev–Trinajstić information content (AvgIpc) is 3.55. The minimum atomic E-state index is -0.756. The van der Waals surface area contributed by atoms with Crippen molar-refractivity contribution in [3.05, 3.63) is 99.0 Å². The number of hydrazone groups is 1. The van der Waals surface area contributed by atoms with Crippen LogP contribution in [0.1, 0.15) is 50.1 Å². The Labute approximate surface area is 193 Å². The van der Waals surface area contributed by atoms with E-state index in [1.807, 2.05) is 31.2 Å². The van der Waals surface area contributed by atoms with Gasteiger partial charge in [-0.25, -0.2) is 5.01 Å². The van der Waals surface area contributed by atoms with Crippen LogP contribution in [0.2, 0.25) is 0 Å². The van der Waals surface area contributed by atoms with E-state index in [4.69, 9.17) is 4.42 Å². The van der Waals surface area contributed by atoms with Gasteiger partial charge in [0.2, 0.25) is 0 Å². The van der Waals surface area contributed by atoms with Crippen molar-refractivity contribution >= 4 is 29.1 Å². The number of hydrogen-bond donors (Lipinski definition) is 0. The van der Waals surface area contributed by atoms with Crippen molar-refractivity contribution < 1.29 is 23.7 Å². The first-order chi connectivity index (χ1) is 16.3. The van der Waals surface area contributed by atoms with Crippen LogP contribution in [-0.4, -0.2) is 44.8 Å². The predicted octanol–water partition coefficient (Wildman–Crippen LogP) is 3.47. The van der Waals surface area contributed by atoms with E-state index < -0.39 is 35.2 Å². The Balaban J connectivity index is 1.42. The molecule has 2 aromatic carbocycles. The zero-order chi connectivity index (χ0) is 24.0. The second kappa shape index (κ2) is 8.07. The Morgan fingerprint density at radius 3 is 2.53 bits per heavy atom. The van der Waals surface area contributed by atoms with Gasteiger partial charge >= 0.3 is 0 Å². The monoisotopic (exact) mass is 458 g/mol. The fourth-order valence-electron chi connectivity index (χ4n) is 4.11. The summed E-state index contributed by atoms with van der Waals surface area (Å²) in [5.41, 5.74) is 2.23. The van der Waals surface area contributed by atoms with Crippen molar-refractivity contribution in [2.24, 2.45) is 5.10 Å². The standard InChI is InChI=1S/C24H18N4O6/c1-14-4-6-15(7-5-14)19-12-20(21-3-2-10-34-21)27(25-19)22(29)13-26-23(30)17-9-8-16(28(32)33)11-18(17)24(26)31/h2-11,20H,12-13H2,1H3. The number of nitrogens with zero attached hydrogens (tertiary/aromatic N) is 4. The molecule has 0 bridgehead atoms. The number of hydrogen-bond acceptors (Lipinski definition) is 7. The van der Waals surface area contributed by atoms with Gasteiger partial charge in [-0.1, -0.05) is 29.8 Å². The molecular weight excluding hydrogens is 440 g/mol. The third-order valence-corrected chi connectivity index (χ3v) is 5.88. The van der Waals surface area contributed by atoms with Crippen molar-refractivity contribution in [1.82, 2.24) is 9.91 Å². The lowest BCUT2D eigenvalue weighted by Crippen LogP contribution is -2.41. The highest BCUT2D eigenvalue weighted by molar-refractivity contribution is 6.22. The Hall–Kier alpha value is -4.60. The SMILES string of the molecule is Cc1ccc(C2=NN(C(=O)CN3C(=O)c4ccc([N+](=O)[O-])cc4C3=O)C(c3ccco3)C2)cc1. The third-order valence-electron chi connectivity index (χ3n) is 5.88. The fourth-order valence-corrected chi connectivity index (χ4v) is 4.11. The number of carbonyl (C=O) groups is 3. The molecule has 3 amide bonds. The number of benzene rings is 2. The number of amides is 3.